The molecule has 0 saturated heterocycles. The molecule has 0 aliphatic heterocycles. The lowest BCUT2D eigenvalue weighted by molar-refractivity contribution is -0.111. The summed E-state index contributed by atoms with van der Waals surface area (Å²) in [5.74, 6) is -0.109. The minimum absolute atomic E-state index is 0.109. The third-order valence-corrected chi connectivity index (χ3v) is 3.17. The maximum atomic E-state index is 11.6. The second kappa shape index (κ2) is 5.46. The number of rotatable bonds is 3. The Bertz CT molecular complexity index is 528. The summed E-state index contributed by atoms with van der Waals surface area (Å²) < 4.78 is 0. The molecule has 86 valence electrons. The van der Waals surface area contributed by atoms with Gasteiger partial charge in [-0.1, -0.05) is 18.2 Å². The van der Waals surface area contributed by atoms with Crippen LogP contribution in [0.15, 0.2) is 48.5 Å². The molecule has 1 amide bonds. The Hall–Kier alpha value is -1.87. The highest BCUT2D eigenvalue weighted by Crippen LogP contribution is 2.16. The Kier molecular flexibility index (Phi) is 3.73. The average Bonchev–Trinajstić information content (AvgIpc) is 2.74. The molecule has 17 heavy (non-hydrogen) atoms. The van der Waals surface area contributed by atoms with Gasteiger partial charge in [-0.25, -0.2) is 0 Å². The van der Waals surface area contributed by atoms with E-state index in [0.717, 1.165) is 10.6 Å². The van der Waals surface area contributed by atoms with Crippen LogP contribution in [0.25, 0.3) is 6.08 Å². The molecule has 1 aromatic carbocycles. The average molecular weight is 243 g/mol. The minimum Gasteiger partial charge on any atom is -0.323 e. The Labute approximate surface area is 105 Å². The van der Waals surface area contributed by atoms with Crippen molar-refractivity contribution in [2.45, 2.75) is 6.92 Å². The van der Waals surface area contributed by atoms with Crippen molar-refractivity contribution >= 4 is 29.0 Å². The molecule has 1 N–H and O–H groups in total. The van der Waals surface area contributed by atoms with Gasteiger partial charge in [0, 0.05) is 21.5 Å². The van der Waals surface area contributed by atoms with Crippen molar-refractivity contribution in [3.05, 3.63) is 58.3 Å². The Morgan fingerprint density at radius 3 is 2.59 bits per heavy atom. The van der Waals surface area contributed by atoms with E-state index in [4.69, 9.17) is 0 Å². The topological polar surface area (TPSA) is 29.1 Å². The van der Waals surface area contributed by atoms with Gasteiger partial charge in [-0.3, -0.25) is 4.79 Å². The molecule has 0 aliphatic carbocycles. The number of hydrogen-bond acceptors (Lipinski definition) is 2. The Morgan fingerprint density at radius 2 is 1.94 bits per heavy atom. The molecule has 0 bridgehead atoms. The van der Waals surface area contributed by atoms with E-state index in [0.29, 0.717) is 0 Å². The van der Waals surface area contributed by atoms with Crippen molar-refractivity contribution in [1.82, 2.24) is 0 Å². The van der Waals surface area contributed by atoms with E-state index >= 15 is 0 Å². The van der Waals surface area contributed by atoms with E-state index in [1.165, 1.54) is 4.88 Å². The number of benzene rings is 1. The number of para-hydroxylation sites is 1. The third-order valence-electron chi connectivity index (χ3n) is 2.20. The molecule has 3 heteroatoms. The Morgan fingerprint density at radius 1 is 1.18 bits per heavy atom. The van der Waals surface area contributed by atoms with E-state index in [1.54, 1.807) is 17.4 Å². The van der Waals surface area contributed by atoms with Crippen molar-refractivity contribution in [2.24, 2.45) is 0 Å². The van der Waals surface area contributed by atoms with E-state index < -0.39 is 0 Å². The summed E-state index contributed by atoms with van der Waals surface area (Å²) in [5.41, 5.74) is 0.810. The molecule has 0 atom stereocenters. The van der Waals surface area contributed by atoms with Gasteiger partial charge in [0.2, 0.25) is 5.91 Å². The third kappa shape index (κ3) is 3.57. The van der Waals surface area contributed by atoms with Crippen molar-refractivity contribution in [2.75, 3.05) is 5.32 Å². The number of carbonyl (C=O) groups excluding carboxylic acids is 1. The lowest BCUT2D eigenvalue weighted by Gasteiger charge is -1.99. The maximum absolute atomic E-state index is 11.6. The fourth-order valence-electron chi connectivity index (χ4n) is 1.41. The van der Waals surface area contributed by atoms with Crippen LogP contribution in [-0.4, -0.2) is 5.91 Å². The lowest BCUT2D eigenvalue weighted by Crippen LogP contribution is -2.07. The molecule has 2 nitrogen and oxygen atoms in total. The lowest BCUT2D eigenvalue weighted by atomic mass is 10.3. The molecule has 1 heterocycles. The van der Waals surface area contributed by atoms with Crippen LogP contribution < -0.4 is 5.32 Å². The van der Waals surface area contributed by atoms with Crippen LogP contribution in [0.4, 0.5) is 5.69 Å². The summed E-state index contributed by atoms with van der Waals surface area (Å²) in [6, 6.07) is 13.5. The second-order valence-electron chi connectivity index (χ2n) is 3.64. The summed E-state index contributed by atoms with van der Waals surface area (Å²) in [5, 5.41) is 2.80. The van der Waals surface area contributed by atoms with Crippen LogP contribution in [0.5, 0.6) is 0 Å². The summed E-state index contributed by atoms with van der Waals surface area (Å²) in [6.07, 6.45) is 3.38. The highest BCUT2D eigenvalue weighted by molar-refractivity contribution is 7.12. The first kappa shape index (κ1) is 11.6. The zero-order chi connectivity index (χ0) is 12.1. The van der Waals surface area contributed by atoms with Crippen molar-refractivity contribution in [1.29, 1.82) is 0 Å². The minimum atomic E-state index is -0.109. The highest BCUT2D eigenvalue weighted by Gasteiger charge is 1.97. The largest absolute Gasteiger partial charge is 0.323 e. The van der Waals surface area contributed by atoms with E-state index in [9.17, 15) is 4.79 Å². The smallest absolute Gasteiger partial charge is 0.248 e. The van der Waals surface area contributed by atoms with Gasteiger partial charge in [0.25, 0.3) is 0 Å². The van der Waals surface area contributed by atoms with Gasteiger partial charge in [0.05, 0.1) is 0 Å². The molecule has 0 fully saturated rings. The molecule has 2 rings (SSSR count). The number of aryl methyl sites for hydroxylation is 1. The molecule has 0 aliphatic rings. The van der Waals surface area contributed by atoms with E-state index in [2.05, 4.69) is 5.32 Å². The number of nitrogens with one attached hydrogen (secondary N) is 1. The van der Waals surface area contributed by atoms with Gasteiger partial charge >= 0.3 is 0 Å². The van der Waals surface area contributed by atoms with Gasteiger partial charge in [-0.2, -0.15) is 0 Å². The zero-order valence-electron chi connectivity index (χ0n) is 9.51. The number of hydrogen-bond donors (Lipinski definition) is 1. The van der Waals surface area contributed by atoms with Crippen molar-refractivity contribution < 1.29 is 4.79 Å². The van der Waals surface area contributed by atoms with Gasteiger partial charge in [-0.15, -0.1) is 11.3 Å². The molecule has 0 radical (unpaired) electrons. The van der Waals surface area contributed by atoms with Gasteiger partial charge in [0.15, 0.2) is 0 Å². The van der Waals surface area contributed by atoms with Gasteiger partial charge in [0.1, 0.15) is 0 Å². The van der Waals surface area contributed by atoms with Crippen molar-refractivity contribution in [3.63, 3.8) is 0 Å². The van der Waals surface area contributed by atoms with E-state index in [-0.39, 0.29) is 5.91 Å². The van der Waals surface area contributed by atoms with Crippen LogP contribution in [0.1, 0.15) is 9.75 Å². The molecule has 0 spiro atoms. The number of carbonyl (C=O) groups is 1. The predicted molar refractivity (Wildman–Crippen MR) is 73.2 cm³/mol. The number of amides is 1. The molecule has 0 unspecified atom stereocenters. The first-order valence-corrected chi connectivity index (χ1v) is 6.16. The fourth-order valence-corrected chi connectivity index (χ4v) is 2.19. The number of thiophene rings is 1. The standard InChI is InChI=1S/C14H13NOS/c1-11-7-8-13(17-11)9-10-14(16)15-12-5-3-2-4-6-12/h2-10H,1H3,(H,15,16). The highest BCUT2D eigenvalue weighted by atomic mass is 32.1. The SMILES string of the molecule is Cc1ccc(C=CC(=O)Nc2ccccc2)s1. The quantitative estimate of drug-likeness (QED) is 0.818. The predicted octanol–water partition coefficient (Wildman–Crippen LogP) is 3.71. The van der Waals surface area contributed by atoms with Gasteiger partial charge < -0.3 is 5.32 Å². The van der Waals surface area contributed by atoms with Gasteiger partial charge in [-0.05, 0) is 37.3 Å². The summed E-state index contributed by atoms with van der Waals surface area (Å²) in [4.78, 5) is 13.9. The van der Waals surface area contributed by atoms with Crippen LogP contribution in [-0.2, 0) is 4.79 Å². The summed E-state index contributed by atoms with van der Waals surface area (Å²) in [6.45, 7) is 2.05. The van der Waals surface area contributed by atoms with Crippen LogP contribution >= 0.6 is 11.3 Å². The summed E-state index contributed by atoms with van der Waals surface area (Å²) in [7, 11) is 0. The normalized spacial score (nSPS) is 10.6. The molecule has 2 aromatic rings. The molecular formula is C14H13NOS. The second-order valence-corrected chi connectivity index (χ2v) is 4.96. The monoisotopic (exact) mass is 243 g/mol. The van der Waals surface area contributed by atoms with Crippen LogP contribution in [0, 0.1) is 6.92 Å². The van der Waals surface area contributed by atoms with Crippen LogP contribution in [0.3, 0.4) is 0 Å². The summed E-state index contributed by atoms with van der Waals surface area (Å²) >= 11 is 1.67. The molecule has 0 saturated carbocycles. The first-order valence-electron chi connectivity index (χ1n) is 5.34. The maximum Gasteiger partial charge on any atom is 0.248 e. The zero-order valence-corrected chi connectivity index (χ0v) is 10.3. The molecule has 1 aromatic heterocycles. The fraction of sp³-hybridized carbons (Fsp3) is 0.0714. The first-order chi connectivity index (χ1) is 8.24. The molecular weight excluding hydrogens is 230 g/mol. The van der Waals surface area contributed by atoms with E-state index in [1.807, 2.05) is 55.5 Å². The Balaban J connectivity index is 1.96. The van der Waals surface area contributed by atoms with Crippen molar-refractivity contribution in [3.8, 4) is 0 Å². The number of anilines is 1. The van der Waals surface area contributed by atoms with Crippen LogP contribution in [0.2, 0.25) is 0 Å².